The molecule has 1 aromatic carbocycles. The maximum Gasteiger partial charge on any atom is 0.119 e. The van der Waals surface area contributed by atoms with Crippen LogP contribution in [0.2, 0.25) is 0 Å². The lowest BCUT2D eigenvalue weighted by atomic mass is 9.88. The highest BCUT2D eigenvalue weighted by molar-refractivity contribution is 5.21. The fourth-order valence-electron chi connectivity index (χ4n) is 2.12. The van der Waals surface area contributed by atoms with E-state index in [2.05, 4.69) is 0 Å². The van der Waals surface area contributed by atoms with Crippen molar-refractivity contribution in [1.82, 2.24) is 0 Å². The van der Waals surface area contributed by atoms with Crippen LogP contribution in [0.1, 0.15) is 25.7 Å². The van der Waals surface area contributed by atoms with Crippen molar-refractivity contribution in [3.8, 4) is 5.75 Å². The van der Waals surface area contributed by atoms with Crippen LogP contribution in [-0.2, 0) is 0 Å². The van der Waals surface area contributed by atoms with Crippen LogP contribution >= 0.6 is 0 Å². The third kappa shape index (κ3) is 2.96. The predicted octanol–water partition coefficient (Wildman–Crippen LogP) is 2.62. The van der Waals surface area contributed by atoms with Crippen molar-refractivity contribution in [3.63, 3.8) is 0 Å². The summed E-state index contributed by atoms with van der Waals surface area (Å²) in [5.74, 6) is 1.46. The Labute approximate surface area is 90.9 Å². The maximum absolute atomic E-state index is 9.03. The molecule has 0 bridgehead atoms. The summed E-state index contributed by atoms with van der Waals surface area (Å²) in [6.45, 7) is 0.331. The Morgan fingerprint density at radius 2 is 1.73 bits per heavy atom. The minimum absolute atomic E-state index is 0.331. The topological polar surface area (TPSA) is 29.5 Å². The molecule has 2 heteroatoms. The monoisotopic (exact) mass is 206 g/mol. The Hall–Kier alpha value is -1.02. The van der Waals surface area contributed by atoms with Crippen molar-refractivity contribution in [2.75, 3.05) is 6.61 Å². The predicted molar refractivity (Wildman–Crippen MR) is 59.9 cm³/mol. The van der Waals surface area contributed by atoms with Crippen LogP contribution in [0.25, 0.3) is 0 Å². The first kappa shape index (κ1) is 10.5. The molecule has 0 unspecified atom stereocenters. The molecule has 1 aliphatic rings. The average molecular weight is 206 g/mol. The second-order valence-corrected chi connectivity index (χ2v) is 4.26. The summed E-state index contributed by atoms with van der Waals surface area (Å²) < 4.78 is 5.87. The molecular weight excluding hydrogens is 188 g/mol. The fraction of sp³-hybridized carbons (Fsp3) is 0.538. The number of hydrogen-bond donors (Lipinski definition) is 1. The number of aliphatic hydroxyl groups is 1. The molecule has 1 fully saturated rings. The molecule has 82 valence electrons. The molecule has 1 aromatic rings. The molecule has 1 N–H and O–H groups in total. The van der Waals surface area contributed by atoms with Crippen LogP contribution in [0.15, 0.2) is 30.3 Å². The van der Waals surface area contributed by atoms with Gasteiger partial charge in [0.1, 0.15) is 5.75 Å². The highest BCUT2D eigenvalue weighted by Gasteiger charge is 2.21. The Kier molecular flexibility index (Phi) is 3.62. The second-order valence-electron chi connectivity index (χ2n) is 4.26. The van der Waals surface area contributed by atoms with Gasteiger partial charge in [0, 0.05) is 6.61 Å². The van der Waals surface area contributed by atoms with E-state index in [4.69, 9.17) is 9.84 Å². The molecule has 0 atom stereocenters. The van der Waals surface area contributed by atoms with Gasteiger partial charge in [0.2, 0.25) is 0 Å². The number of ether oxygens (including phenoxy) is 1. The van der Waals surface area contributed by atoms with Gasteiger partial charge in [-0.05, 0) is 43.7 Å². The van der Waals surface area contributed by atoms with Crippen LogP contribution in [0.4, 0.5) is 0 Å². The zero-order valence-electron chi connectivity index (χ0n) is 8.93. The van der Waals surface area contributed by atoms with Crippen LogP contribution in [0.5, 0.6) is 5.75 Å². The Morgan fingerprint density at radius 3 is 2.33 bits per heavy atom. The van der Waals surface area contributed by atoms with E-state index in [0.29, 0.717) is 18.6 Å². The van der Waals surface area contributed by atoms with Crippen LogP contribution < -0.4 is 4.74 Å². The van der Waals surface area contributed by atoms with E-state index in [1.165, 1.54) is 0 Å². The summed E-state index contributed by atoms with van der Waals surface area (Å²) >= 11 is 0. The van der Waals surface area contributed by atoms with E-state index >= 15 is 0 Å². The van der Waals surface area contributed by atoms with Gasteiger partial charge in [-0.1, -0.05) is 18.2 Å². The number of hydrogen-bond acceptors (Lipinski definition) is 2. The minimum Gasteiger partial charge on any atom is -0.490 e. The minimum atomic E-state index is 0.331. The molecular formula is C13H18O2. The van der Waals surface area contributed by atoms with E-state index in [1.54, 1.807) is 0 Å². The zero-order valence-corrected chi connectivity index (χ0v) is 8.93. The summed E-state index contributed by atoms with van der Waals surface area (Å²) in [5, 5.41) is 9.03. The van der Waals surface area contributed by atoms with Crippen LogP contribution in [-0.4, -0.2) is 17.8 Å². The van der Waals surface area contributed by atoms with Gasteiger partial charge in [0.25, 0.3) is 0 Å². The molecule has 1 saturated carbocycles. The van der Waals surface area contributed by atoms with Crippen molar-refractivity contribution in [3.05, 3.63) is 30.3 Å². The summed E-state index contributed by atoms with van der Waals surface area (Å²) in [5.41, 5.74) is 0. The van der Waals surface area contributed by atoms with Crippen molar-refractivity contribution in [2.45, 2.75) is 31.8 Å². The van der Waals surface area contributed by atoms with Gasteiger partial charge in [-0.25, -0.2) is 0 Å². The van der Waals surface area contributed by atoms with E-state index in [1.807, 2.05) is 30.3 Å². The number of benzene rings is 1. The first-order valence-corrected chi connectivity index (χ1v) is 5.71. The van der Waals surface area contributed by atoms with Gasteiger partial charge < -0.3 is 9.84 Å². The molecule has 0 heterocycles. The Morgan fingerprint density at radius 1 is 1.07 bits per heavy atom. The highest BCUT2D eigenvalue weighted by Crippen LogP contribution is 2.27. The summed E-state index contributed by atoms with van der Waals surface area (Å²) in [6, 6.07) is 9.98. The summed E-state index contributed by atoms with van der Waals surface area (Å²) in [6.07, 6.45) is 4.66. The highest BCUT2D eigenvalue weighted by atomic mass is 16.5. The largest absolute Gasteiger partial charge is 0.490 e. The third-order valence-corrected chi connectivity index (χ3v) is 3.10. The maximum atomic E-state index is 9.03. The lowest BCUT2D eigenvalue weighted by Gasteiger charge is -2.27. The van der Waals surface area contributed by atoms with Crippen molar-refractivity contribution < 1.29 is 9.84 Å². The van der Waals surface area contributed by atoms with Crippen molar-refractivity contribution in [2.24, 2.45) is 5.92 Å². The zero-order chi connectivity index (χ0) is 10.5. The first-order chi connectivity index (χ1) is 7.38. The van der Waals surface area contributed by atoms with Gasteiger partial charge in [-0.2, -0.15) is 0 Å². The number of para-hydroxylation sites is 1. The lowest BCUT2D eigenvalue weighted by molar-refractivity contribution is 0.104. The van der Waals surface area contributed by atoms with E-state index in [-0.39, 0.29) is 0 Å². The molecule has 0 aliphatic heterocycles. The summed E-state index contributed by atoms with van der Waals surface area (Å²) in [7, 11) is 0. The SMILES string of the molecule is OC[C@H]1CC[C@H](Oc2ccccc2)CC1. The Bertz CT molecular complexity index is 276. The lowest BCUT2D eigenvalue weighted by Crippen LogP contribution is -2.25. The number of aliphatic hydroxyl groups excluding tert-OH is 1. The molecule has 2 rings (SSSR count). The second kappa shape index (κ2) is 5.17. The third-order valence-electron chi connectivity index (χ3n) is 3.10. The standard InChI is InChI=1S/C13H18O2/c14-10-11-6-8-13(9-7-11)15-12-4-2-1-3-5-12/h1-5,11,13-14H,6-10H2/t11-,13-. The summed E-state index contributed by atoms with van der Waals surface area (Å²) in [4.78, 5) is 0. The van der Waals surface area contributed by atoms with Gasteiger partial charge in [-0.15, -0.1) is 0 Å². The Balaban J connectivity index is 1.82. The molecule has 1 aliphatic carbocycles. The van der Waals surface area contributed by atoms with Crippen molar-refractivity contribution in [1.29, 1.82) is 0 Å². The average Bonchev–Trinajstić information content (AvgIpc) is 2.31. The molecule has 0 amide bonds. The van der Waals surface area contributed by atoms with Gasteiger partial charge in [-0.3, -0.25) is 0 Å². The molecule has 0 aromatic heterocycles. The van der Waals surface area contributed by atoms with Gasteiger partial charge in [0.15, 0.2) is 0 Å². The quantitative estimate of drug-likeness (QED) is 0.823. The van der Waals surface area contributed by atoms with Gasteiger partial charge in [0.05, 0.1) is 6.10 Å². The first-order valence-electron chi connectivity index (χ1n) is 5.71. The molecule has 0 radical (unpaired) electrons. The fourth-order valence-corrected chi connectivity index (χ4v) is 2.12. The van der Waals surface area contributed by atoms with E-state index < -0.39 is 0 Å². The van der Waals surface area contributed by atoms with Crippen LogP contribution in [0, 0.1) is 5.92 Å². The number of rotatable bonds is 3. The van der Waals surface area contributed by atoms with Gasteiger partial charge >= 0.3 is 0 Å². The molecule has 15 heavy (non-hydrogen) atoms. The smallest absolute Gasteiger partial charge is 0.119 e. The van der Waals surface area contributed by atoms with E-state index in [0.717, 1.165) is 31.4 Å². The van der Waals surface area contributed by atoms with Crippen molar-refractivity contribution >= 4 is 0 Å². The molecule has 0 spiro atoms. The van der Waals surface area contributed by atoms with Crippen LogP contribution in [0.3, 0.4) is 0 Å². The molecule has 2 nitrogen and oxygen atoms in total. The molecule has 0 saturated heterocycles. The van der Waals surface area contributed by atoms with E-state index in [9.17, 15) is 0 Å². The normalized spacial score (nSPS) is 26.2.